The monoisotopic (exact) mass is 420 g/mol. The molecule has 2 aliphatic heterocycles. The van der Waals surface area contributed by atoms with Crippen LogP contribution in [0.5, 0.6) is 5.88 Å². The molecule has 0 radical (unpaired) electrons. The van der Waals surface area contributed by atoms with Crippen LogP contribution in [0.1, 0.15) is 5.56 Å². The Morgan fingerprint density at radius 2 is 1.71 bits per heavy atom. The van der Waals surface area contributed by atoms with Gasteiger partial charge in [-0.05, 0) is 23.5 Å². The van der Waals surface area contributed by atoms with Crippen molar-refractivity contribution in [3.63, 3.8) is 0 Å². The SMILES string of the molecule is COc1cc(N2CC3CN(Cc4ccccc4-n4nccn4)CC3C2)nc(N(C)C)n1. The molecule has 2 unspecified atom stereocenters. The van der Waals surface area contributed by atoms with Gasteiger partial charge in [0.2, 0.25) is 11.8 Å². The van der Waals surface area contributed by atoms with Gasteiger partial charge in [-0.3, -0.25) is 4.90 Å². The molecule has 0 spiro atoms. The molecular formula is C22H28N8O. The maximum absolute atomic E-state index is 5.40. The second kappa shape index (κ2) is 8.14. The van der Waals surface area contributed by atoms with Crippen molar-refractivity contribution in [3.8, 4) is 11.6 Å². The number of anilines is 2. The zero-order valence-electron chi connectivity index (χ0n) is 18.2. The van der Waals surface area contributed by atoms with Crippen molar-refractivity contribution < 1.29 is 4.74 Å². The molecular weight excluding hydrogens is 392 g/mol. The Balaban J connectivity index is 1.27. The highest BCUT2D eigenvalue weighted by molar-refractivity contribution is 5.48. The summed E-state index contributed by atoms with van der Waals surface area (Å²) in [5.74, 6) is 3.51. The molecule has 0 N–H and O–H groups in total. The number of benzene rings is 1. The Morgan fingerprint density at radius 3 is 2.39 bits per heavy atom. The maximum atomic E-state index is 5.40. The minimum absolute atomic E-state index is 0.608. The molecule has 0 saturated carbocycles. The van der Waals surface area contributed by atoms with Gasteiger partial charge in [0.25, 0.3) is 0 Å². The lowest BCUT2D eigenvalue weighted by Crippen LogP contribution is -2.29. The number of likely N-dealkylation sites (tertiary alicyclic amines) is 1. The quantitative estimate of drug-likeness (QED) is 0.597. The van der Waals surface area contributed by atoms with E-state index in [2.05, 4.69) is 43.2 Å². The van der Waals surface area contributed by atoms with Crippen molar-refractivity contribution in [2.45, 2.75) is 6.54 Å². The first-order valence-electron chi connectivity index (χ1n) is 10.6. The minimum Gasteiger partial charge on any atom is -0.481 e. The zero-order valence-corrected chi connectivity index (χ0v) is 18.2. The van der Waals surface area contributed by atoms with Crippen LogP contribution in [0.3, 0.4) is 0 Å². The number of aromatic nitrogens is 5. The van der Waals surface area contributed by atoms with E-state index in [9.17, 15) is 0 Å². The molecule has 2 aromatic heterocycles. The molecule has 2 saturated heterocycles. The highest BCUT2D eigenvalue weighted by Gasteiger charge is 2.40. The standard InChI is InChI=1S/C22H28N8O/c1-27(2)22-25-20(10-21(26-22)31-3)29-14-17-12-28(13-18(17)15-29)11-16-6-4-5-7-19(16)30-23-8-9-24-30/h4-10,17-18H,11-15H2,1-3H3. The highest BCUT2D eigenvalue weighted by Crippen LogP contribution is 2.35. The van der Waals surface area contributed by atoms with Crippen molar-refractivity contribution in [1.29, 1.82) is 0 Å². The Hall–Kier alpha value is -3.20. The summed E-state index contributed by atoms with van der Waals surface area (Å²) in [6.07, 6.45) is 3.44. The van der Waals surface area contributed by atoms with Crippen molar-refractivity contribution >= 4 is 11.8 Å². The fourth-order valence-corrected chi connectivity index (χ4v) is 4.69. The lowest BCUT2D eigenvalue weighted by Gasteiger charge is -2.24. The zero-order chi connectivity index (χ0) is 21.4. The fraction of sp³-hybridized carbons (Fsp3) is 0.455. The van der Waals surface area contributed by atoms with Crippen LogP contribution in [0, 0.1) is 11.8 Å². The molecule has 0 bridgehead atoms. The smallest absolute Gasteiger partial charge is 0.230 e. The van der Waals surface area contributed by atoms with E-state index in [1.54, 1.807) is 24.3 Å². The minimum atomic E-state index is 0.608. The van der Waals surface area contributed by atoms with Gasteiger partial charge in [-0.2, -0.15) is 25.0 Å². The molecule has 31 heavy (non-hydrogen) atoms. The number of ether oxygens (including phenoxy) is 1. The molecule has 0 amide bonds. The maximum Gasteiger partial charge on any atom is 0.230 e. The van der Waals surface area contributed by atoms with Crippen molar-refractivity contribution in [2.24, 2.45) is 11.8 Å². The first-order valence-corrected chi connectivity index (χ1v) is 10.6. The summed E-state index contributed by atoms with van der Waals surface area (Å²) in [4.78, 5) is 17.7. The molecule has 162 valence electrons. The van der Waals surface area contributed by atoms with Gasteiger partial charge >= 0.3 is 0 Å². The van der Waals surface area contributed by atoms with E-state index in [1.807, 2.05) is 31.1 Å². The Morgan fingerprint density at radius 1 is 1.00 bits per heavy atom. The first-order chi connectivity index (χ1) is 15.1. The van der Waals surface area contributed by atoms with Gasteiger partial charge in [0.15, 0.2) is 0 Å². The van der Waals surface area contributed by atoms with E-state index >= 15 is 0 Å². The average molecular weight is 421 g/mol. The second-order valence-electron chi connectivity index (χ2n) is 8.53. The van der Waals surface area contributed by atoms with Crippen molar-refractivity contribution in [1.82, 2.24) is 29.9 Å². The largest absolute Gasteiger partial charge is 0.481 e. The van der Waals surface area contributed by atoms with Crippen LogP contribution in [0.2, 0.25) is 0 Å². The second-order valence-corrected chi connectivity index (χ2v) is 8.53. The summed E-state index contributed by atoms with van der Waals surface area (Å²) in [6, 6.07) is 10.3. The van der Waals surface area contributed by atoms with Gasteiger partial charge in [-0.15, -0.1) is 0 Å². The van der Waals surface area contributed by atoms with Crippen molar-refractivity contribution in [3.05, 3.63) is 48.3 Å². The van der Waals surface area contributed by atoms with E-state index < -0.39 is 0 Å². The molecule has 5 rings (SSSR count). The van der Waals surface area contributed by atoms with Gasteiger partial charge in [-0.1, -0.05) is 18.2 Å². The molecule has 9 nitrogen and oxygen atoms in total. The third kappa shape index (κ3) is 3.93. The van der Waals surface area contributed by atoms with E-state index in [-0.39, 0.29) is 0 Å². The Kier molecular flexibility index (Phi) is 5.19. The number of methoxy groups -OCH3 is 1. The number of hydrogen-bond donors (Lipinski definition) is 0. The van der Waals surface area contributed by atoms with E-state index in [1.165, 1.54) is 5.56 Å². The summed E-state index contributed by atoms with van der Waals surface area (Å²) in [5, 5.41) is 8.62. The van der Waals surface area contributed by atoms with Gasteiger partial charge in [0, 0.05) is 52.9 Å². The van der Waals surface area contributed by atoms with Crippen LogP contribution in [0.15, 0.2) is 42.7 Å². The lowest BCUT2D eigenvalue weighted by atomic mass is 10.0. The fourth-order valence-electron chi connectivity index (χ4n) is 4.69. The van der Waals surface area contributed by atoms with Crippen molar-refractivity contribution in [2.75, 3.05) is 57.2 Å². The predicted molar refractivity (Wildman–Crippen MR) is 119 cm³/mol. The van der Waals surface area contributed by atoms with E-state index in [0.29, 0.717) is 23.7 Å². The van der Waals surface area contributed by atoms with E-state index in [0.717, 1.165) is 44.2 Å². The van der Waals surface area contributed by atoms with Crippen LogP contribution >= 0.6 is 0 Å². The number of rotatable bonds is 6. The van der Waals surface area contributed by atoms with Crippen LogP contribution < -0.4 is 14.5 Å². The molecule has 0 aliphatic carbocycles. The summed E-state index contributed by atoms with van der Waals surface area (Å²) >= 11 is 0. The van der Waals surface area contributed by atoms with Gasteiger partial charge in [0.1, 0.15) is 5.82 Å². The third-order valence-corrected chi connectivity index (χ3v) is 6.19. The van der Waals surface area contributed by atoms with Gasteiger partial charge in [-0.25, -0.2) is 0 Å². The summed E-state index contributed by atoms with van der Waals surface area (Å²) in [5.41, 5.74) is 2.31. The Labute approximate surface area is 182 Å². The topological polar surface area (TPSA) is 75.4 Å². The number of nitrogens with zero attached hydrogens (tertiary/aromatic N) is 8. The van der Waals surface area contributed by atoms with Gasteiger partial charge in [0.05, 0.1) is 25.2 Å². The summed E-state index contributed by atoms with van der Waals surface area (Å²) < 4.78 is 5.40. The molecule has 1 aromatic carbocycles. The molecule has 9 heteroatoms. The van der Waals surface area contributed by atoms with E-state index in [4.69, 9.17) is 9.72 Å². The molecule has 2 atom stereocenters. The summed E-state index contributed by atoms with van der Waals surface area (Å²) in [7, 11) is 5.55. The van der Waals surface area contributed by atoms with Crippen LogP contribution in [0.4, 0.5) is 11.8 Å². The number of para-hydroxylation sites is 1. The number of fused-ring (bicyclic) bond motifs is 1. The van der Waals surface area contributed by atoms with Crippen LogP contribution in [0.25, 0.3) is 5.69 Å². The molecule has 3 aromatic rings. The highest BCUT2D eigenvalue weighted by atomic mass is 16.5. The van der Waals surface area contributed by atoms with Crippen LogP contribution in [-0.2, 0) is 6.54 Å². The lowest BCUT2D eigenvalue weighted by molar-refractivity contribution is 0.308. The van der Waals surface area contributed by atoms with Gasteiger partial charge < -0.3 is 14.5 Å². The summed E-state index contributed by atoms with van der Waals surface area (Å²) in [6.45, 7) is 5.11. The predicted octanol–water partition coefficient (Wildman–Crippen LogP) is 1.70. The first kappa shape index (κ1) is 19.7. The molecule has 2 aliphatic rings. The average Bonchev–Trinajstić information content (AvgIpc) is 3.50. The molecule has 4 heterocycles. The normalized spacial score (nSPS) is 20.8. The number of hydrogen-bond acceptors (Lipinski definition) is 8. The third-order valence-electron chi connectivity index (χ3n) is 6.19. The molecule has 2 fully saturated rings. The Bertz CT molecular complexity index is 1020. The van der Waals surface area contributed by atoms with Crippen LogP contribution in [-0.4, -0.2) is 77.2 Å².